The molecule has 1 rings (SSSR count). The second-order valence-electron chi connectivity index (χ2n) is 12.6. The van der Waals surface area contributed by atoms with Gasteiger partial charge in [-0.3, -0.25) is 14.4 Å². The first-order valence-corrected chi connectivity index (χ1v) is 12.9. The summed E-state index contributed by atoms with van der Waals surface area (Å²) in [6.45, 7) is 17.4. The summed E-state index contributed by atoms with van der Waals surface area (Å²) in [4.78, 5) is 53.0. The summed E-state index contributed by atoms with van der Waals surface area (Å²) in [6.07, 6.45) is 3.00. The lowest BCUT2D eigenvalue weighted by atomic mass is 9.81. The zero-order chi connectivity index (χ0) is 27.9. The second-order valence-corrected chi connectivity index (χ2v) is 12.6. The van der Waals surface area contributed by atoms with Gasteiger partial charge in [0.05, 0.1) is 17.9 Å². The van der Waals surface area contributed by atoms with Crippen molar-refractivity contribution < 1.29 is 38.6 Å². The average Bonchev–Trinajstić information content (AvgIpc) is 3.03. The van der Waals surface area contributed by atoms with E-state index in [1.807, 2.05) is 55.4 Å². The van der Waals surface area contributed by atoms with E-state index in [-0.39, 0.29) is 31.8 Å². The fraction of sp³-hybridized carbons (Fsp3) is 0.852. The van der Waals surface area contributed by atoms with Gasteiger partial charge in [-0.2, -0.15) is 0 Å². The van der Waals surface area contributed by atoms with Gasteiger partial charge >= 0.3 is 11.9 Å². The first-order chi connectivity index (χ1) is 16.3. The van der Waals surface area contributed by atoms with Crippen LogP contribution >= 0.6 is 0 Å². The number of nitrogens with zero attached hydrogens (tertiary/aromatic N) is 1. The summed E-state index contributed by atoms with van der Waals surface area (Å²) in [5.74, 6) is -2.32. The molecule has 9 nitrogen and oxygen atoms in total. The number of hydrogen-bond acceptors (Lipinski definition) is 8. The minimum Gasteiger partial charge on any atom is -0.459 e. The fourth-order valence-corrected chi connectivity index (χ4v) is 3.75. The van der Waals surface area contributed by atoms with Crippen molar-refractivity contribution in [1.82, 2.24) is 5.06 Å². The SMILES string of the molecule is CC(C(=O)OC(C)(C)CCCC(C)(C)OCCC(C)(C)CC(=O)ON1C(=O)CCC1=O)C(C)(C)CO. The molecular formula is C27H47NO8. The number of ether oxygens (including phenoxy) is 2. The minimum absolute atomic E-state index is 0.0545. The van der Waals surface area contributed by atoms with Crippen LogP contribution in [0.25, 0.3) is 0 Å². The molecule has 1 heterocycles. The normalized spacial score (nSPS) is 16.3. The largest absolute Gasteiger partial charge is 0.459 e. The average molecular weight is 514 g/mol. The fourth-order valence-electron chi connectivity index (χ4n) is 3.75. The molecule has 0 aromatic heterocycles. The van der Waals surface area contributed by atoms with E-state index in [1.165, 1.54) is 0 Å². The highest BCUT2D eigenvalue weighted by molar-refractivity contribution is 6.01. The third-order valence-corrected chi connectivity index (χ3v) is 6.96. The van der Waals surface area contributed by atoms with Crippen LogP contribution in [0.15, 0.2) is 0 Å². The molecular weight excluding hydrogens is 466 g/mol. The van der Waals surface area contributed by atoms with Crippen molar-refractivity contribution in [2.45, 2.75) is 118 Å². The van der Waals surface area contributed by atoms with Crippen molar-refractivity contribution in [3.8, 4) is 0 Å². The van der Waals surface area contributed by atoms with Crippen molar-refractivity contribution in [2.24, 2.45) is 16.7 Å². The predicted octanol–water partition coefficient (Wildman–Crippen LogP) is 4.34. The molecule has 0 aromatic carbocycles. The maximum Gasteiger partial charge on any atom is 0.333 e. The molecule has 0 radical (unpaired) electrons. The summed E-state index contributed by atoms with van der Waals surface area (Å²) < 4.78 is 11.8. The quantitative estimate of drug-likeness (QED) is 0.254. The van der Waals surface area contributed by atoms with Crippen molar-refractivity contribution in [1.29, 1.82) is 0 Å². The van der Waals surface area contributed by atoms with E-state index in [9.17, 15) is 24.3 Å². The number of carbonyl (C=O) groups excluding carboxylic acids is 4. The summed E-state index contributed by atoms with van der Waals surface area (Å²) in [5.41, 5.74) is -2.02. The molecule has 1 N–H and O–H groups in total. The Balaban J connectivity index is 2.43. The number of hydroxylamine groups is 2. The van der Waals surface area contributed by atoms with Crippen molar-refractivity contribution in [2.75, 3.05) is 13.2 Å². The highest BCUT2D eigenvalue weighted by Crippen LogP contribution is 2.31. The molecule has 2 amide bonds. The Morgan fingerprint density at radius 2 is 1.44 bits per heavy atom. The van der Waals surface area contributed by atoms with E-state index in [1.54, 1.807) is 6.92 Å². The van der Waals surface area contributed by atoms with E-state index in [0.717, 1.165) is 12.8 Å². The zero-order valence-electron chi connectivity index (χ0n) is 23.7. The van der Waals surface area contributed by atoms with Crippen LogP contribution in [0.2, 0.25) is 0 Å². The Morgan fingerprint density at radius 3 is 1.97 bits per heavy atom. The number of aliphatic hydroxyl groups excluding tert-OH is 1. The van der Waals surface area contributed by atoms with E-state index < -0.39 is 45.7 Å². The van der Waals surface area contributed by atoms with Gasteiger partial charge in [-0.1, -0.05) is 34.6 Å². The van der Waals surface area contributed by atoms with Crippen molar-refractivity contribution >= 4 is 23.8 Å². The van der Waals surface area contributed by atoms with Gasteiger partial charge in [0.15, 0.2) is 0 Å². The van der Waals surface area contributed by atoms with Gasteiger partial charge in [-0.05, 0) is 58.8 Å². The lowest BCUT2D eigenvalue weighted by Gasteiger charge is -2.33. The van der Waals surface area contributed by atoms with Gasteiger partial charge in [0.2, 0.25) is 0 Å². The van der Waals surface area contributed by atoms with Gasteiger partial charge in [0, 0.05) is 31.5 Å². The zero-order valence-corrected chi connectivity index (χ0v) is 23.7. The predicted molar refractivity (Wildman–Crippen MR) is 134 cm³/mol. The van der Waals surface area contributed by atoms with Crippen LogP contribution in [-0.2, 0) is 33.5 Å². The standard InChI is InChI=1S/C27H47NO8/c1-19(25(4,5)18-29)23(33)35-27(8,9)14-10-13-26(6,7)34-16-15-24(2,3)17-22(32)36-28-20(30)11-12-21(28)31/h19,29H,10-18H2,1-9H3. The number of imide groups is 1. The summed E-state index contributed by atoms with van der Waals surface area (Å²) >= 11 is 0. The molecule has 1 aliphatic heterocycles. The monoisotopic (exact) mass is 513 g/mol. The molecule has 1 fully saturated rings. The second kappa shape index (κ2) is 12.5. The molecule has 36 heavy (non-hydrogen) atoms. The Morgan fingerprint density at radius 1 is 0.917 bits per heavy atom. The molecule has 1 atom stereocenters. The van der Waals surface area contributed by atoms with Crippen LogP contribution in [0.5, 0.6) is 0 Å². The maximum absolute atomic E-state index is 12.5. The molecule has 1 aliphatic rings. The van der Waals surface area contributed by atoms with E-state index >= 15 is 0 Å². The first kappa shape index (κ1) is 32.0. The Hall–Kier alpha value is -2.00. The Kier molecular flexibility index (Phi) is 11.1. The van der Waals surface area contributed by atoms with Gasteiger partial charge in [-0.25, -0.2) is 4.79 Å². The number of hydrogen-bond donors (Lipinski definition) is 1. The summed E-state index contributed by atoms with van der Waals surface area (Å²) in [7, 11) is 0. The lowest BCUT2D eigenvalue weighted by molar-refractivity contribution is -0.199. The molecule has 0 bridgehead atoms. The third kappa shape index (κ3) is 10.5. The van der Waals surface area contributed by atoms with E-state index in [2.05, 4.69) is 0 Å². The molecule has 9 heteroatoms. The van der Waals surface area contributed by atoms with Gasteiger partial charge in [-0.15, -0.1) is 5.06 Å². The molecule has 0 aromatic rings. The van der Waals surface area contributed by atoms with Crippen LogP contribution in [0.1, 0.15) is 107 Å². The molecule has 0 spiro atoms. The van der Waals surface area contributed by atoms with Crippen LogP contribution < -0.4 is 0 Å². The maximum atomic E-state index is 12.5. The Bertz CT molecular complexity index is 784. The van der Waals surface area contributed by atoms with Gasteiger partial charge < -0.3 is 19.4 Å². The van der Waals surface area contributed by atoms with Gasteiger partial charge in [0.25, 0.3) is 11.8 Å². The number of aliphatic hydroxyl groups is 1. The molecule has 1 saturated heterocycles. The highest BCUT2D eigenvalue weighted by atomic mass is 16.7. The van der Waals surface area contributed by atoms with E-state index in [0.29, 0.717) is 24.5 Å². The first-order valence-electron chi connectivity index (χ1n) is 12.9. The number of amides is 2. The smallest absolute Gasteiger partial charge is 0.333 e. The number of carbonyl (C=O) groups is 4. The minimum atomic E-state index is -0.632. The van der Waals surface area contributed by atoms with E-state index in [4.69, 9.17) is 14.3 Å². The Labute approximate surface area is 216 Å². The molecule has 208 valence electrons. The lowest BCUT2D eigenvalue weighted by Crippen LogP contribution is -2.38. The van der Waals surface area contributed by atoms with Crippen LogP contribution in [-0.4, -0.2) is 58.3 Å². The molecule has 0 saturated carbocycles. The number of rotatable bonds is 15. The number of esters is 1. The molecule has 1 unspecified atom stereocenters. The van der Waals surface area contributed by atoms with Crippen molar-refractivity contribution in [3.05, 3.63) is 0 Å². The van der Waals surface area contributed by atoms with Gasteiger partial charge in [0.1, 0.15) is 5.60 Å². The van der Waals surface area contributed by atoms with Crippen LogP contribution in [0.4, 0.5) is 0 Å². The topological polar surface area (TPSA) is 119 Å². The van der Waals surface area contributed by atoms with Crippen LogP contribution in [0.3, 0.4) is 0 Å². The van der Waals surface area contributed by atoms with Crippen molar-refractivity contribution in [3.63, 3.8) is 0 Å². The highest BCUT2D eigenvalue weighted by Gasteiger charge is 2.36. The third-order valence-electron chi connectivity index (χ3n) is 6.96. The summed E-state index contributed by atoms with van der Waals surface area (Å²) in [6, 6.07) is 0. The van der Waals surface area contributed by atoms with Crippen LogP contribution in [0, 0.1) is 16.7 Å². The summed E-state index contributed by atoms with van der Waals surface area (Å²) in [5, 5.41) is 10.1. The molecule has 0 aliphatic carbocycles.